The highest BCUT2D eigenvalue weighted by Gasteiger charge is 2.12. The molecule has 0 atom stereocenters. The van der Waals surface area contributed by atoms with Gasteiger partial charge in [0.2, 0.25) is 0 Å². The third kappa shape index (κ3) is 2.56. The van der Waals surface area contributed by atoms with E-state index in [2.05, 4.69) is 28.8 Å². The summed E-state index contributed by atoms with van der Waals surface area (Å²) in [5.74, 6) is 0.353. The van der Waals surface area contributed by atoms with Crippen LogP contribution < -0.4 is 10.6 Å². The van der Waals surface area contributed by atoms with Crippen molar-refractivity contribution in [3.05, 3.63) is 59.2 Å². The number of anilines is 1. The van der Waals surface area contributed by atoms with Crippen LogP contribution >= 0.6 is 0 Å². The molecule has 1 aliphatic heterocycles. The van der Waals surface area contributed by atoms with Crippen LogP contribution in [0.2, 0.25) is 0 Å². The average Bonchev–Trinajstić information content (AvgIpc) is 2.90. The van der Waals surface area contributed by atoms with Gasteiger partial charge >= 0.3 is 0 Å². The summed E-state index contributed by atoms with van der Waals surface area (Å²) in [6.45, 7) is 2.52. The fourth-order valence-corrected chi connectivity index (χ4v) is 2.55. The maximum Gasteiger partial charge on any atom is 0.120 e. The Morgan fingerprint density at radius 1 is 1.00 bits per heavy atom. The van der Waals surface area contributed by atoms with E-state index in [4.69, 9.17) is 0 Å². The first-order valence-corrected chi connectivity index (χ1v) is 6.67. The van der Waals surface area contributed by atoms with E-state index in [-0.39, 0.29) is 0 Å². The van der Waals surface area contributed by atoms with Crippen molar-refractivity contribution >= 4 is 5.69 Å². The molecule has 1 aliphatic rings. The fraction of sp³-hybridized carbons (Fsp3) is 0.250. The van der Waals surface area contributed by atoms with Crippen molar-refractivity contribution in [1.82, 2.24) is 5.32 Å². The Bertz CT molecular complexity index is 581. The first-order valence-electron chi connectivity index (χ1n) is 6.67. The van der Waals surface area contributed by atoms with Crippen LogP contribution in [0.3, 0.4) is 0 Å². The minimum Gasteiger partial charge on any atom is -0.508 e. The van der Waals surface area contributed by atoms with E-state index < -0.39 is 0 Å². The summed E-state index contributed by atoms with van der Waals surface area (Å²) in [5, 5.41) is 16.5. The molecule has 0 aromatic heterocycles. The number of rotatable bonds is 4. The van der Waals surface area contributed by atoms with Gasteiger partial charge in [-0.25, -0.2) is 0 Å². The van der Waals surface area contributed by atoms with Gasteiger partial charge in [0.15, 0.2) is 0 Å². The molecule has 0 saturated heterocycles. The highest BCUT2D eigenvalue weighted by atomic mass is 16.3. The van der Waals surface area contributed by atoms with Crippen LogP contribution in [0.25, 0.3) is 0 Å². The molecule has 19 heavy (non-hydrogen) atoms. The Kier molecular flexibility index (Phi) is 3.38. The van der Waals surface area contributed by atoms with Crippen molar-refractivity contribution < 1.29 is 5.11 Å². The van der Waals surface area contributed by atoms with E-state index in [0.29, 0.717) is 12.3 Å². The molecule has 2 aromatic carbocycles. The van der Waals surface area contributed by atoms with E-state index in [1.807, 2.05) is 18.2 Å². The van der Waals surface area contributed by atoms with E-state index in [0.717, 1.165) is 25.1 Å². The molecule has 0 saturated carbocycles. The van der Waals surface area contributed by atoms with E-state index in [1.165, 1.54) is 16.8 Å². The van der Waals surface area contributed by atoms with Gasteiger partial charge in [-0.05, 0) is 23.6 Å². The van der Waals surface area contributed by atoms with Gasteiger partial charge in [0.1, 0.15) is 5.75 Å². The lowest BCUT2D eigenvalue weighted by molar-refractivity contribution is 0.464. The third-order valence-corrected chi connectivity index (χ3v) is 3.56. The monoisotopic (exact) mass is 254 g/mol. The SMILES string of the molecule is Oc1ccccc1CNCc1cccc2c1NCC2. The van der Waals surface area contributed by atoms with Crippen molar-refractivity contribution in [3.8, 4) is 5.75 Å². The van der Waals surface area contributed by atoms with Crippen molar-refractivity contribution in [3.63, 3.8) is 0 Å². The number of benzene rings is 2. The highest BCUT2D eigenvalue weighted by molar-refractivity contribution is 5.61. The number of fused-ring (bicyclic) bond motifs is 1. The van der Waals surface area contributed by atoms with Crippen molar-refractivity contribution in [2.45, 2.75) is 19.5 Å². The van der Waals surface area contributed by atoms with Crippen LogP contribution in [0.4, 0.5) is 5.69 Å². The molecule has 3 heteroatoms. The summed E-state index contributed by atoms with van der Waals surface area (Å²) >= 11 is 0. The second kappa shape index (κ2) is 5.33. The van der Waals surface area contributed by atoms with Gasteiger partial charge in [0, 0.05) is 30.9 Å². The Morgan fingerprint density at radius 2 is 1.79 bits per heavy atom. The molecular formula is C16H18N2O. The molecule has 0 aliphatic carbocycles. The molecule has 2 aromatic rings. The summed E-state index contributed by atoms with van der Waals surface area (Å²) < 4.78 is 0. The van der Waals surface area contributed by atoms with Gasteiger partial charge in [-0.1, -0.05) is 36.4 Å². The van der Waals surface area contributed by atoms with Gasteiger partial charge in [0.25, 0.3) is 0 Å². The lowest BCUT2D eigenvalue weighted by Gasteiger charge is -2.10. The second-order valence-corrected chi connectivity index (χ2v) is 4.86. The van der Waals surface area contributed by atoms with Gasteiger partial charge in [-0.3, -0.25) is 0 Å². The molecule has 3 nitrogen and oxygen atoms in total. The van der Waals surface area contributed by atoms with Crippen molar-refractivity contribution in [1.29, 1.82) is 0 Å². The predicted molar refractivity (Wildman–Crippen MR) is 77.3 cm³/mol. The summed E-state index contributed by atoms with van der Waals surface area (Å²) in [4.78, 5) is 0. The second-order valence-electron chi connectivity index (χ2n) is 4.86. The van der Waals surface area contributed by atoms with E-state index in [9.17, 15) is 5.11 Å². The van der Waals surface area contributed by atoms with Gasteiger partial charge in [-0.2, -0.15) is 0 Å². The quantitative estimate of drug-likeness (QED) is 0.786. The van der Waals surface area contributed by atoms with Crippen LogP contribution in [0.1, 0.15) is 16.7 Å². The van der Waals surface area contributed by atoms with E-state index in [1.54, 1.807) is 6.07 Å². The third-order valence-electron chi connectivity index (χ3n) is 3.56. The summed E-state index contributed by atoms with van der Waals surface area (Å²) in [6, 6.07) is 13.9. The predicted octanol–water partition coefficient (Wildman–Crippen LogP) is 2.65. The lowest BCUT2D eigenvalue weighted by Crippen LogP contribution is -2.13. The summed E-state index contributed by atoms with van der Waals surface area (Å²) in [6.07, 6.45) is 1.11. The Hall–Kier alpha value is -2.00. The normalized spacial score (nSPS) is 13.1. The zero-order valence-electron chi connectivity index (χ0n) is 10.8. The molecule has 3 N–H and O–H groups in total. The topological polar surface area (TPSA) is 44.3 Å². The Balaban J connectivity index is 1.65. The number of para-hydroxylation sites is 2. The number of phenols is 1. The van der Waals surface area contributed by atoms with E-state index >= 15 is 0 Å². The molecule has 98 valence electrons. The maximum absolute atomic E-state index is 9.71. The minimum absolute atomic E-state index is 0.353. The van der Waals surface area contributed by atoms with Crippen LogP contribution in [0.5, 0.6) is 5.75 Å². The molecular weight excluding hydrogens is 236 g/mol. The van der Waals surface area contributed by atoms with Crippen molar-refractivity contribution in [2.24, 2.45) is 0 Å². The number of aromatic hydroxyl groups is 1. The van der Waals surface area contributed by atoms with Crippen LogP contribution in [-0.2, 0) is 19.5 Å². The molecule has 1 heterocycles. The molecule has 0 fully saturated rings. The van der Waals surface area contributed by atoms with Gasteiger partial charge in [0.05, 0.1) is 0 Å². The minimum atomic E-state index is 0.353. The number of hydrogen-bond donors (Lipinski definition) is 3. The largest absolute Gasteiger partial charge is 0.508 e. The smallest absolute Gasteiger partial charge is 0.120 e. The Morgan fingerprint density at radius 3 is 2.68 bits per heavy atom. The zero-order chi connectivity index (χ0) is 13.1. The van der Waals surface area contributed by atoms with Crippen LogP contribution in [0, 0.1) is 0 Å². The zero-order valence-corrected chi connectivity index (χ0v) is 10.8. The molecule has 0 radical (unpaired) electrons. The Labute approximate surface area is 113 Å². The standard InChI is InChI=1S/C16H18N2O/c19-15-7-2-1-4-13(15)10-17-11-14-6-3-5-12-8-9-18-16(12)14/h1-7,17-19H,8-11H2. The van der Waals surface area contributed by atoms with Gasteiger partial charge < -0.3 is 15.7 Å². The molecule has 0 amide bonds. The highest BCUT2D eigenvalue weighted by Crippen LogP contribution is 2.26. The first kappa shape index (κ1) is 12.1. The lowest BCUT2D eigenvalue weighted by atomic mass is 10.1. The van der Waals surface area contributed by atoms with Gasteiger partial charge in [-0.15, -0.1) is 0 Å². The molecule has 0 unspecified atom stereocenters. The summed E-state index contributed by atoms with van der Waals surface area (Å²) in [7, 11) is 0. The first-order chi connectivity index (χ1) is 9.34. The summed E-state index contributed by atoms with van der Waals surface area (Å²) in [5.41, 5.74) is 4.92. The molecule has 0 spiro atoms. The molecule has 0 bridgehead atoms. The molecule has 3 rings (SSSR count). The maximum atomic E-state index is 9.71. The number of nitrogens with one attached hydrogen (secondary N) is 2. The number of hydrogen-bond acceptors (Lipinski definition) is 3. The van der Waals surface area contributed by atoms with Crippen LogP contribution in [0.15, 0.2) is 42.5 Å². The van der Waals surface area contributed by atoms with Crippen molar-refractivity contribution in [2.75, 3.05) is 11.9 Å². The average molecular weight is 254 g/mol. The van der Waals surface area contributed by atoms with Crippen LogP contribution in [-0.4, -0.2) is 11.7 Å². The number of phenolic OH excluding ortho intramolecular Hbond substituents is 1. The fourth-order valence-electron chi connectivity index (χ4n) is 2.55.